The van der Waals surface area contributed by atoms with Gasteiger partial charge in [0, 0.05) is 25.0 Å². The lowest BCUT2D eigenvalue weighted by atomic mass is 9.85. The van der Waals surface area contributed by atoms with E-state index in [0.29, 0.717) is 34.8 Å². The van der Waals surface area contributed by atoms with Crippen LogP contribution in [0.4, 0.5) is 0 Å². The molecule has 0 aromatic carbocycles. The Hall–Kier alpha value is -1.91. The lowest BCUT2D eigenvalue weighted by Crippen LogP contribution is -2.21. The summed E-state index contributed by atoms with van der Waals surface area (Å²) in [4.78, 5) is 18.4. The molecule has 2 aliphatic rings. The first-order chi connectivity index (χ1) is 16.9. The van der Waals surface area contributed by atoms with E-state index >= 15 is 0 Å². The highest BCUT2D eigenvalue weighted by Gasteiger charge is 2.33. The van der Waals surface area contributed by atoms with Gasteiger partial charge in [-0.3, -0.25) is 4.79 Å². The van der Waals surface area contributed by atoms with Crippen molar-refractivity contribution in [2.75, 3.05) is 0 Å². The van der Waals surface area contributed by atoms with Crippen LogP contribution in [0.3, 0.4) is 0 Å². The molecule has 1 N–H and O–H groups in total. The molecule has 2 nitrogen and oxygen atoms in total. The van der Waals surface area contributed by atoms with E-state index in [2.05, 4.69) is 79.7 Å². The Bertz CT molecular complexity index is 1080. The molecule has 0 amide bonds. The maximum atomic E-state index is 13.1. The lowest BCUT2D eigenvalue weighted by Gasteiger charge is -2.22. The number of hydrogen-bond acceptors (Lipinski definition) is 3. The van der Waals surface area contributed by atoms with Gasteiger partial charge in [-0.05, 0) is 81.8 Å². The third-order valence-electron chi connectivity index (χ3n) is 5.89. The number of allylic oxidation sites excluding steroid dienone is 8. The summed E-state index contributed by atoms with van der Waals surface area (Å²) in [5, 5.41) is 10.9. The molecule has 2 heterocycles. The summed E-state index contributed by atoms with van der Waals surface area (Å²) in [5.41, 5.74) is 2.86. The van der Waals surface area contributed by atoms with Crippen molar-refractivity contribution in [1.29, 1.82) is 0 Å². The Kier molecular flexibility index (Phi) is 10.00. The number of hydrogen-bond donors (Lipinski definition) is 1. The maximum absolute atomic E-state index is 13.1. The van der Waals surface area contributed by atoms with Gasteiger partial charge in [-0.15, -0.1) is 0 Å². The molecule has 0 atom stereocenters. The van der Waals surface area contributed by atoms with Crippen LogP contribution in [-0.2, 0) is 17.6 Å². The molecule has 0 saturated carbocycles. The van der Waals surface area contributed by atoms with Gasteiger partial charge in [0.05, 0.1) is 11.1 Å². The average molecular weight is 524 g/mol. The molecule has 1 aromatic rings. The van der Waals surface area contributed by atoms with Gasteiger partial charge < -0.3 is 5.11 Å². The summed E-state index contributed by atoms with van der Waals surface area (Å²) in [6.45, 7) is 17.9. The molecular weight excluding hydrogens is 480 g/mol. The Balaban J connectivity index is 1.94. The normalized spacial score (nSPS) is 17.5. The number of rotatable bonds is 10. The fourth-order valence-corrected chi connectivity index (χ4v) is 7.62. The van der Waals surface area contributed by atoms with Crippen molar-refractivity contribution in [3.8, 4) is 0 Å². The lowest BCUT2D eigenvalue weighted by molar-refractivity contribution is -0.113. The number of Topliss-reactive ketones (excluding diaryl/α,β-unsaturated/α-hetero) is 1. The molecule has 0 spiro atoms. The van der Waals surface area contributed by atoms with Crippen LogP contribution >= 0.6 is 23.1 Å². The van der Waals surface area contributed by atoms with Gasteiger partial charge in [-0.1, -0.05) is 67.2 Å². The number of carbonyl (C=O) groups excluding carboxylic acids is 1. The zero-order valence-corrected chi connectivity index (χ0v) is 24.9. The van der Waals surface area contributed by atoms with Crippen molar-refractivity contribution >= 4 is 35.0 Å². The molecule has 1 aromatic heterocycles. The Morgan fingerprint density at radius 1 is 0.778 bits per heavy atom. The van der Waals surface area contributed by atoms with E-state index in [1.807, 2.05) is 35.3 Å². The molecule has 0 bridgehead atoms. The topological polar surface area (TPSA) is 37.3 Å². The summed E-state index contributed by atoms with van der Waals surface area (Å²) in [6, 6.07) is 4.36. The third-order valence-corrected chi connectivity index (χ3v) is 8.08. The van der Waals surface area contributed by atoms with Gasteiger partial charge in [-0.25, -0.2) is 0 Å². The molecule has 0 saturated heterocycles. The zero-order chi connectivity index (χ0) is 26.6. The van der Waals surface area contributed by atoms with Crippen LogP contribution in [0.1, 0.15) is 83.5 Å². The highest BCUT2D eigenvalue weighted by atomic mass is 32.2. The first-order valence-electron chi connectivity index (χ1n) is 13.4. The van der Waals surface area contributed by atoms with Gasteiger partial charge in [0.25, 0.3) is 0 Å². The van der Waals surface area contributed by atoms with Gasteiger partial charge >= 0.3 is 0 Å². The van der Waals surface area contributed by atoms with Crippen LogP contribution in [0.2, 0.25) is 0 Å². The molecule has 0 fully saturated rings. The van der Waals surface area contributed by atoms with Crippen LogP contribution in [-0.4, -0.2) is 10.9 Å². The Labute approximate surface area is 227 Å². The van der Waals surface area contributed by atoms with Crippen molar-refractivity contribution in [3.05, 3.63) is 78.0 Å². The van der Waals surface area contributed by atoms with Crippen LogP contribution < -0.4 is 0 Å². The van der Waals surface area contributed by atoms with Gasteiger partial charge in [0.2, 0.25) is 26.9 Å². The van der Waals surface area contributed by atoms with E-state index in [0.717, 1.165) is 36.8 Å². The third kappa shape index (κ3) is 8.05. The van der Waals surface area contributed by atoms with E-state index in [4.69, 9.17) is 0 Å². The van der Waals surface area contributed by atoms with Gasteiger partial charge in [0.15, 0.2) is 0 Å². The van der Waals surface area contributed by atoms with E-state index in [-0.39, 0.29) is 11.5 Å². The van der Waals surface area contributed by atoms with Crippen LogP contribution in [0.15, 0.2) is 62.6 Å². The number of aliphatic hydroxyl groups is 1. The van der Waals surface area contributed by atoms with E-state index in [1.165, 1.54) is 19.6 Å². The second-order valence-electron chi connectivity index (χ2n) is 11.8. The summed E-state index contributed by atoms with van der Waals surface area (Å²) in [5.74, 6) is 2.34. The van der Waals surface area contributed by atoms with E-state index in [9.17, 15) is 9.90 Å². The fourth-order valence-electron chi connectivity index (χ4n) is 4.50. The van der Waals surface area contributed by atoms with Crippen molar-refractivity contribution in [2.45, 2.75) is 81.1 Å². The Morgan fingerprint density at radius 2 is 1.25 bits per heavy atom. The molecule has 4 heteroatoms. The average Bonchev–Trinajstić information content (AvgIpc) is 2.73. The smallest absolute Gasteiger partial charge is 0.218 e. The minimum absolute atomic E-state index is 0.0702. The van der Waals surface area contributed by atoms with Crippen LogP contribution in [0.5, 0.6) is 0 Å². The summed E-state index contributed by atoms with van der Waals surface area (Å²) < 4.78 is 0. The standard InChI is InChI=1S/C32H42O2S2/c1-19(2)9-25-13-23(14-26(35-25)10-20(3)4)17-29-31(33)30(32(29)34)18-24-15-27(11-21(5)6)36-28(16-24)12-22(7)8/h13-22H,9-12H2,1-8H3/p+1. The number of ketones is 1. The monoisotopic (exact) mass is 523 g/mol. The minimum atomic E-state index is -0.0702. The zero-order valence-electron chi connectivity index (χ0n) is 23.3. The molecular formula is C32H43O2S2+. The Morgan fingerprint density at radius 3 is 1.67 bits per heavy atom. The molecule has 194 valence electrons. The van der Waals surface area contributed by atoms with E-state index < -0.39 is 0 Å². The number of thioether (sulfide) groups is 1. The quantitative estimate of drug-likeness (QED) is 0.245. The van der Waals surface area contributed by atoms with Gasteiger partial charge in [-0.2, -0.15) is 0 Å². The second-order valence-corrected chi connectivity index (χ2v) is 14.3. The largest absolute Gasteiger partial charge is 0.506 e. The highest BCUT2D eigenvalue weighted by Crippen LogP contribution is 2.40. The molecule has 0 unspecified atom stereocenters. The highest BCUT2D eigenvalue weighted by molar-refractivity contribution is 8.06. The molecule has 1 aliphatic carbocycles. The molecule has 36 heavy (non-hydrogen) atoms. The molecule has 1 aliphatic heterocycles. The molecule has 0 radical (unpaired) electrons. The minimum Gasteiger partial charge on any atom is -0.506 e. The second kappa shape index (κ2) is 12.6. The summed E-state index contributed by atoms with van der Waals surface area (Å²) >= 11 is 3.73. The summed E-state index contributed by atoms with van der Waals surface area (Å²) in [7, 11) is 0. The predicted octanol–water partition coefficient (Wildman–Crippen LogP) is 9.74. The van der Waals surface area contributed by atoms with Crippen LogP contribution in [0.25, 0.3) is 6.08 Å². The fraction of sp³-hybridized carbons (Fsp3) is 0.500. The van der Waals surface area contributed by atoms with E-state index in [1.54, 1.807) is 0 Å². The van der Waals surface area contributed by atoms with Crippen molar-refractivity contribution in [2.24, 2.45) is 23.7 Å². The van der Waals surface area contributed by atoms with Crippen LogP contribution in [0, 0.1) is 23.7 Å². The molecule has 3 rings (SSSR count). The SMILES string of the molecule is CC(C)CC1=CC(=CC2=C(O)C(=Cc3cc(CC(C)C)[s+]c(CC(C)C)c3)C2=O)C=C(CC(C)C)S1. The predicted molar refractivity (Wildman–Crippen MR) is 159 cm³/mol. The van der Waals surface area contributed by atoms with Gasteiger partial charge in [0.1, 0.15) is 5.76 Å². The summed E-state index contributed by atoms with van der Waals surface area (Å²) in [6.07, 6.45) is 12.2. The first kappa shape index (κ1) is 28.7. The first-order valence-corrected chi connectivity index (χ1v) is 15.0. The number of carbonyl (C=O) groups is 1. The van der Waals surface area contributed by atoms with Crippen molar-refractivity contribution < 1.29 is 9.90 Å². The number of aliphatic hydroxyl groups excluding tert-OH is 1. The maximum Gasteiger partial charge on any atom is 0.218 e. The van der Waals surface area contributed by atoms with Crippen molar-refractivity contribution in [1.82, 2.24) is 0 Å². The van der Waals surface area contributed by atoms with Crippen molar-refractivity contribution in [3.63, 3.8) is 0 Å².